The molecular formula is C37H52N2O10S3. The standard InChI is InChI=1S/C37H52N2O10S3/c1-5-39(32-21-24(2)51(44,45)37-31(32)22-36(50-37)52(38,46)47)35(43)16-12-7-6-11-15-29-30(34(49-26(4)41)23-33(29)48-25(3)40)20-19-28(42)18-17-27-13-9-8-10-14-27/h6,8-11,13-14,22,24,28-30,32-34,42H,5,7,12,15-21,23H2,1-4H3,(H2,38,46,47)/b11-6-/t24-,28-,29+,30+,32-,33-,34+/m0/s1. The molecule has 1 aliphatic carbocycles. The highest BCUT2D eigenvalue weighted by Crippen LogP contribution is 2.45. The van der Waals surface area contributed by atoms with Crippen LogP contribution in [0.2, 0.25) is 0 Å². The monoisotopic (exact) mass is 780 g/mol. The summed E-state index contributed by atoms with van der Waals surface area (Å²) < 4.78 is 61.3. The van der Waals surface area contributed by atoms with Crippen molar-refractivity contribution >= 4 is 49.0 Å². The average molecular weight is 781 g/mol. The lowest BCUT2D eigenvalue weighted by Gasteiger charge is -2.36. The Morgan fingerprint density at radius 2 is 1.69 bits per heavy atom. The van der Waals surface area contributed by atoms with Crippen LogP contribution in [0.3, 0.4) is 0 Å². The number of nitrogens with zero attached hydrogens (tertiary/aromatic N) is 1. The van der Waals surface area contributed by atoms with Crippen LogP contribution in [0.1, 0.15) is 103 Å². The number of rotatable bonds is 17. The Hall–Kier alpha value is -3.11. The van der Waals surface area contributed by atoms with Gasteiger partial charge in [-0.3, -0.25) is 14.4 Å². The number of carbonyl (C=O) groups is 3. The van der Waals surface area contributed by atoms with Crippen molar-refractivity contribution in [2.45, 2.75) is 130 Å². The van der Waals surface area contributed by atoms with Crippen molar-refractivity contribution in [2.24, 2.45) is 17.0 Å². The van der Waals surface area contributed by atoms with E-state index in [0.29, 0.717) is 68.4 Å². The number of aliphatic hydroxyl groups excluding tert-OH is 1. The molecule has 3 N–H and O–H groups in total. The molecule has 0 bridgehead atoms. The number of primary sulfonamides is 1. The number of ether oxygens (including phenoxy) is 2. The Balaban J connectivity index is 1.37. The molecule has 1 fully saturated rings. The van der Waals surface area contributed by atoms with Gasteiger partial charge >= 0.3 is 11.9 Å². The second kappa shape index (κ2) is 18.3. The van der Waals surface area contributed by atoms with E-state index in [0.717, 1.165) is 12.0 Å². The first-order valence-corrected chi connectivity index (χ1v) is 21.8. The Bertz CT molecular complexity index is 1790. The molecule has 7 atom stereocenters. The first-order valence-electron chi connectivity index (χ1n) is 17.9. The predicted molar refractivity (Wildman–Crippen MR) is 197 cm³/mol. The minimum absolute atomic E-state index is 0.0515. The van der Waals surface area contributed by atoms with E-state index in [2.05, 4.69) is 0 Å². The van der Waals surface area contributed by atoms with Crippen LogP contribution in [-0.2, 0) is 50.1 Å². The molecule has 4 rings (SSSR count). The number of aryl methyl sites for hydroxylation is 1. The van der Waals surface area contributed by atoms with Gasteiger partial charge in [0.25, 0.3) is 0 Å². The molecule has 0 saturated heterocycles. The van der Waals surface area contributed by atoms with Gasteiger partial charge in [0.05, 0.1) is 17.4 Å². The maximum absolute atomic E-state index is 13.5. The number of carbonyl (C=O) groups excluding carboxylic acids is 3. The fourth-order valence-corrected chi connectivity index (χ4v) is 11.9. The highest BCUT2D eigenvalue weighted by Gasteiger charge is 2.46. The summed E-state index contributed by atoms with van der Waals surface area (Å²) in [6.45, 7) is 6.40. The van der Waals surface area contributed by atoms with Gasteiger partial charge in [-0.2, -0.15) is 0 Å². The fourth-order valence-electron chi connectivity index (χ4n) is 7.52. The number of benzene rings is 1. The highest BCUT2D eigenvalue weighted by molar-refractivity contribution is 7.95. The number of allylic oxidation sites excluding steroid dienone is 2. The fraction of sp³-hybridized carbons (Fsp3) is 0.595. The molecule has 52 heavy (non-hydrogen) atoms. The number of amides is 1. The van der Waals surface area contributed by atoms with Crippen LogP contribution in [0.4, 0.5) is 0 Å². The second-order valence-corrected chi connectivity index (χ2v) is 19.3. The molecule has 1 amide bonds. The van der Waals surface area contributed by atoms with Gasteiger partial charge in [0.2, 0.25) is 15.9 Å². The van der Waals surface area contributed by atoms with Gasteiger partial charge < -0.3 is 19.5 Å². The van der Waals surface area contributed by atoms with E-state index in [1.807, 2.05) is 42.5 Å². The molecule has 288 valence electrons. The highest BCUT2D eigenvalue weighted by atomic mass is 32.3. The Labute approximate surface area is 311 Å². The minimum atomic E-state index is -4.13. The van der Waals surface area contributed by atoms with Crippen LogP contribution < -0.4 is 5.14 Å². The summed E-state index contributed by atoms with van der Waals surface area (Å²) >= 11 is 0.633. The van der Waals surface area contributed by atoms with E-state index in [-0.39, 0.29) is 39.0 Å². The van der Waals surface area contributed by atoms with Crippen molar-refractivity contribution < 1.29 is 45.8 Å². The predicted octanol–water partition coefficient (Wildman–Crippen LogP) is 5.24. The minimum Gasteiger partial charge on any atom is -0.462 e. The molecule has 1 saturated carbocycles. The third-order valence-corrected chi connectivity index (χ3v) is 15.4. The number of esters is 2. The zero-order valence-electron chi connectivity index (χ0n) is 30.3. The molecule has 15 heteroatoms. The smallest absolute Gasteiger partial charge is 0.302 e. The van der Waals surface area contributed by atoms with Crippen LogP contribution in [0.25, 0.3) is 0 Å². The van der Waals surface area contributed by atoms with Crippen LogP contribution in [-0.4, -0.2) is 74.8 Å². The van der Waals surface area contributed by atoms with Crippen molar-refractivity contribution in [1.29, 1.82) is 0 Å². The zero-order chi connectivity index (χ0) is 38.2. The summed E-state index contributed by atoms with van der Waals surface area (Å²) in [6, 6.07) is 10.7. The van der Waals surface area contributed by atoms with Gasteiger partial charge in [-0.05, 0) is 76.8 Å². The van der Waals surface area contributed by atoms with Gasteiger partial charge in [-0.1, -0.05) is 42.5 Å². The number of sulfone groups is 1. The van der Waals surface area contributed by atoms with Crippen LogP contribution in [0.5, 0.6) is 0 Å². The number of unbranched alkanes of at least 4 members (excludes halogenated alkanes) is 1. The van der Waals surface area contributed by atoms with Gasteiger partial charge in [-0.25, -0.2) is 22.0 Å². The summed E-state index contributed by atoms with van der Waals surface area (Å²) in [5.74, 6) is -1.24. The molecule has 0 radical (unpaired) electrons. The van der Waals surface area contributed by atoms with Gasteiger partial charge in [0, 0.05) is 50.6 Å². The number of hydrogen-bond acceptors (Lipinski definition) is 11. The summed E-state index contributed by atoms with van der Waals surface area (Å²) in [5, 5.41) is 15.3. The van der Waals surface area contributed by atoms with E-state index >= 15 is 0 Å². The van der Waals surface area contributed by atoms with Crippen LogP contribution in [0.15, 0.2) is 57.0 Å². The van der Waals surface area contributed by atoms with E-state index < -0.39 is 61.4 Å². The number of sulfonamides is 1. The normalized spacial score (nSPS) is 24.7. The van der Waals surface area contributed by atoms with Crippen molar-refractivity contribution in [3.05, 3.63) is 59.7 Å². The van der Waals surface area contributed by atoms with Crippen LogP contribution >= 0.6 is 11.3 Å². The van der Waals surface area contributed by atoms with Gasteiger partial charge in [0.1, 0.15) is 20.6 Å². The topological polar surface area (TPSA) is 187 Å². The molecule has 2 aliphatic rings. The lowest BCUT2D eigenvalue weighted by Crippen LogP contribution is -2.40. The van der Waals surface area contributed by atoms with Crippen LogP contribution in [0, 0.1) is 11.8 Å². The van der Waals surface area contributed by atoms with Crippen molar-refractivity contribution in [3.8, 4) is 0 Å². The largest absolute Gasteiger partial charge is 0.462 e. The molecule has 1 aromatic heterocycles. The molecule has 0 spiro atoms. The summed E-state index contributed by atoms with van der Waals surface area (Å²) in [7, 11) is -7.88. The van der Waals surface area contributed by atoms with Gasteiger partial charge in [-0.15, -0.1) is 11.3 Å². The molecular weight excluding hydrogens is 729 g/mol. The Morgan fingerprint density at radius 1 is 1.04 bits per heavy atom. The maximum Gasteiger partial charge on any atom is 0.302 e. The lowest BCUT2D eigenvalue weighted by atomic mass is 9.85. The number of nitrogens with two attached hydrogens (primary N) is 1. The molecule has 2 aromatic rings. The second-order valence-electron chi connectivity index (χ2n) is 13.9. The van der Waals surface area contributed by atoms with Crippen molar-refractivity contribution in [1.82, 2.24) is 4.90 Å². The Morgan fingerprint density at radius 3 is 2.31 bits per heavy atom. The molecule has 1 aromatic carbocycles. The molecule has 0 unspecified atom stereocenters. The lowest BCUT2D eigenvalue weighted by molar-refractivity contribution is -0.149. The number of thiophene rings is 1. The maximum atomic E-state index is 13.5. The Kier molecular flexibility index (Phi) is 14.6. The first kappa shape index (κ1) is 41.6. The molecule has 1 aliphatic heterocycles. The molecule has 2 heterocycles. The SMILES string of the molecule is CCN(C(=O)CCC/C=C\C[C@@H]1[C@@H](CC[C@@H](O)CCc2ccccc2)[C@H](OC(C)=O)C[C@@H]1OC(C)=O)[C@H]1C[C@H](C)S(=O)(=O)c2sc(S(N)(=O)=O)cc21. The summed E-state index contributed by atoms with van der Waals surface area (Å²) in [6.07, 6.45) is 7.40. The van der Waals surface area contributed by atoms with Crippen molar-refractivity contribution in [2.75, 3.05) is 6.54 Å². The number of fused-ring (bicyclic) bond motifs is 1. The summed E-state index contributed by atoms with van der Waals surface area (Å²) in [4.78, 5) is 39.1. The number of hydrogen-bond donors (Lipinski definition) is 2. The van der Waals surface area contributed by atoms with Gasteiger partial charge in [0.15, 0.2) is 9.84 Å². The van der Waals surface area contributed by atoms with Crippen molar-refractivity contribution in [3.63, 3.8) is 0 Å². The van der Waals surface area contributed by atoms with E-state index in [4.69, 9.17) is 14.6 Å². The third-order valence-electron chi connectivity index (χ3n) is 10.1. The third kappa shape index (κ3) is 10.7. The average Bonchev–Trinajstić information content (AvgIpc) is 3.66. The summed E-state index contributed by atoms with van der Waals surface area (Å²) in [5.41, 5.74) is 1.45. The first-order chi connectivity index (χ1) is 24.5. The van der Waals surface area contributed by atoms with E-state index in [9.17, 15) is 36.3 Å². The zero-order valence-corrected chi connectivity index (χ0v) is 32.8. The quantitative estimate of drug-likeness (QED) is 0.122. The van der Waals surface area contributed by atoms with E-state index in [1.54, 1.807) is 18.7 Å². The number of aliphatic hydroxyl groups is 1. The van der Waals surface area contributed by atoms with E-state index in [1.165, 1.54) is 19.9 Å². The molecule has 12 nitrogen and oxygen atoms in total.